The predicted molar refractivity (Wildman–Crippen MR) is 96.1 cm³/mol. The second-order valence-electron chi connectivity index (χ2n) is 6.25. The Bertz CT molecular complexity index is 978. The number of carbonyl (C=O) groups excluding carboxylic acids is 3. The van der Waals surface area contributed by atoms with Crippen LogP contribution in [0.15, 0.2) is 36.4 Å². The summed E-state index contributed by atoms with van der Waals surface area (Å²) in [4.78, 5) is 49.0. The van der Waals surface area contributed by atoms with Crippen LogP contribution in [0, 0.1) is 10.1 Å². The molecule has 7 nitrogen and oxygen atoms in total. The second-order valence-corrected chi connectivity index (χ2v) is 6.25. The standard InChI is InChI=1S/C20H17NO6/c1-3-6-12(20(24)27-2)11-7-4-8-13-16(11)18(22)14-9-5-10-15(21(25)26)17(14)19(13)23/h4-5,7-10,12H,3,6H2,1-2H3. The molecule has 0 spiro atoms. The topological polar surface area (TPSA) is 104 Å². The minimum Gasteiger partial charge on any atom is -0.469 e. The summed E-state index contributed by atoms with van der Waals surface area (Å²) in [7, 11) is 1.27. The number of hydrogen-bond acceptors (Lipinski definition) is 6. The summed E-state index contributed by atoms with van der Waals surface area (Å²) in [5, 5.41) is 11.3. The molecule has 0 saturated carbocycles. The van der Waals surface area contributed by atoms with E-state index < -0.39 is 34.1 Å². The van der Waals surface area contributed by atoms with Gasteiger partial charge in [-0.1, -0.05) is 37.6 Å². The molecule has 0 heterocycles. The summed E-state index contributed by atoms with van der Waals surface area (Å²) in [6.07, 6.45) is 1.13. The lowest BCUT2D eigenvalue weighted by atomic mass is 9.78. The van der Waals surface area contributed by atoms with Crippen molar-refractivity contribution >= 4 is 23.2 Å². The van der Waals surface area contributed by atoms with Gasteiger partial charge in [-0.3, -0.25) is 24.5 Å². The van der Waals surface area contributed by atoms with Gasteiger partial charge in [0.1, 0.15) is 5.56 Å². The first-order valence-corrected chi connectivity index (χ1v) is 8.49. The van der Waals surface area contributed by atoms with Gasteiger partial charge in [0.25, 0.3) is 5.69 Å². The highest BCUT2D eigenvalue weighted by Crippen LogP contribution is 2.37. The molecule has 3 rings (SSSR count). The molecule has 2 aromatic rings. The molecule has 7 heteroatoms. The minimum atomic E-state index is -0.688. The SMILES string of the molecule is CCCC(C(=O)OC)c1cccc2c1C(=O)c1cccc([N+](=O)[O-])c1C2=O. The largest absolute Gasteiger partial charge is 0.469 e. The number of fused-ring (bicyclic) bond motifs is 2. The van der Waals surface area contributed by atoms with Crippen LogP contribution in [0.5, 0.6) is 0 Å². The zero-order chi connectivity index (χ0) is 19.7. The number of nitrogens with zero attached hydrogens (tertiary/aromatic N) is 1. The molecule has 1 aliphatic rings. The number of methoxy groups -OCH3 is 1. The van der Waals surface area contributed by atoms with E-state index in [1.807, 2.05) is 6.92 Å². The van der Waals surface area contributed by atoms with Gasteiger partial charge >= 0.3 is 5.97 Å². The van der Waals surface area contributed by atoms with Gasteiger partial charge in [-0.2, -0.15) is 0 Å². The van der Waals surface area contributed by atoms with Gasteiger partial charge in [0.15, 0.2) is 5.78 Å². The number of rotatable bonds is 5. The van der Waals surface area contributed by atoms with Crippen LogP contribution in [0.4, 0.5) is 5.69 Å². The van der Waals surface area contributed by atoms with Crippen molar-refractivity contribution in [2.24, 2.45) is 0 Å². The Labute approximate surface area is 155 Å². The third kappa shape index (κ3) is 2.91. The Balaban J connectivity index is 2.26. The molecule has 0 fully saturated rings. The predicted octanol–water partition coefficient (Wildman–Crippen LogP) is 3.43. The summed E-state index contributed by atoms with van der Waals surface area (Å²) in [5.41, 5.74) is -0.0168. The van der Waals surface area contributed by atoms with Crippen LogP contribution >= 0.6 is 0 Å². The maximum atomic E-state index is 13.1. The zero-order valence-electron chi connectivity index (χ0n) is 14.9. The molecule has 1 atom stereocenters. The molecule has 2 aromatic carbocycles. The van der Waals surface area contributed by atoms with Crippen LogP contribution in [0.25, 0.3) is 0 Å². The molecule has 0 radical (unpaired) electrons. The van der Waals surface area contributed by atoms with Gasteiger partial charge in [-0.15, -0.1) is 0 Å². The Hall–Kier alpha value is -3.35. The monoisotopic (exact) mass is 367 g/mol. The van der Waals surface area contributed by atoms with Crippen molar-refractivity contribution in [1.29, 1.82) is 0 Å². The molecular formula is C20H17NO6. The molecule has 0 saturated heterocycles. The Kier molecular flexibility index (Phi) is 4.85. The summed E-state index contributed by atoms with van der Waals surface area (Å²) in [6, 6.07) is 8.63. The Morgan fingerprint density at radius 1 is 1.07 bits per heavy atom. The van der Waals surface area contributed by atoms with Crippen LogP contribution < -0.4 is 0 Å². The minimum absolute atomic E-state index is 0.0192. The Morgan fingerprint density at radius 2 is 1.67 bits per heavy atom. The fourth-order valence-corrected chi connectivity index (χ4v) is 3.52. The van der Waals surface area contributed by atoms with Gasteiger partial charge in [-0.25, -0.2) is 0 Å². The van der Waals surface area contributed by atoms with E-state index in [4.69, 9.17) is 4.74 Å². The van der Waals surface area contributed by atoms with E-state index >= 15 is 0 Å². The maximum Gasteiger partial charge on any atom is 0.313 e. The summed E-state index contributed by atoms with van der Waals surface area (Å²) >= 11 is 0. The van der Waals surface area contributed by atoms with Crippen molar-refractivity contribution in [3.63, 3.8) is 0 Å². The van der Waals surface area contributed by atoms with E-state index in [0.29, 0.717) is 18.4 Å². The van der Waals surface area contributed by atoms with Crippen LogP contribution in [-0.4, -0.2) is 29.6 Å². The van der Waals surface area contributed by atoms with E-state index in [0.717, 1.165) is 0 Å². The van der Waals surface area contributed by atoms with Gasteiger partial charge < -0.3 is 4.74 Å². The number of esters is 1. The highest BCUT2D eigenvalue weighted by atomic mass is 16.6. The molecule has 0 bridgehead atoms. The lowest BCUT2D eigenvalue weighted by Crippen LogP contribution is -2.26. The molecule has 0 amide bonds. The van der Waals surface area contributed by atoms with Crippen molar-refractivity contribution in [1.82, 2.24) is 0 Å². The highest BCUT2D eigenvalue weighted by Gasteiger charge is 2.38. The van der Waals surface area contributed by atoms with Crippen molar-refractivity contribution in [2.75, 3.05) is 7.11 Å². The van der Waals surface area contributed by atoms with Crippen molar-refractivity contribution < 1.29 is 24.0 Å². The van der Waals surface area contributed by atoms with Crippen LogP contribution in [-0.2, 0) is 9.53 Å². The third-order valence-electron chi connectivity index (χ3n) is 4.72. The third-order valence-corrected chi connectivity index (χ3v) is 4.72. The number of carbonyl (C=O) groups is 3. The van der Waals surface area contributed by atoms with Gasteiger partial charge in [0, 0.05) is 22.8 Å². The number of nitro groups is 1. The molecule has 0 aliphatic heterocycles. The summed E-state index contributed by atoms with van der Waals surface area (Å²) in [5.74, 6) is -2.26. The van der Waals surface area contributed by atoms with E-state index in [9.17, 15) is 24.5 Å². The highest BCUT2D eigenvalue weighted by molar-refractivity contribution is 6.30. The fourth-order valence-electron chi connectivity index (χ4n) is 3.52. The quantitative estimate of drug-likeness (QED) is 0.389. The summed E-state index contributed by atoms with van der Waals surface area (Å²) in [6.45, 7) is 1.90. The molecular weight excluding hydrogens is 350 g/mol. The maximum absolute atomic E-state index is 13.1. The average molecular weight is 367 g/mol. The molecule has 138 valence electrons. The van der Waals surface area contributed by atoms with E-state index in [1.165, 1.54) is 31.4 Å². The van der Waals surface area contributed by atoms with E-state index in [2.05, 4.69) is 0 Å². The smallest absolute Gasteiger partial charge is 0.313 e. The lowest BCUT2D eigenvalue weighted by molar-refractivity contribution is -0.385. The lowest BCUT2D eigenvalue weighted by Gasteiger charge is -2.23. The number of benzene rings is 2. The Morgan fingerprint density at radius 3 is 2.26 bits per heavy atom. The van der Waals surface area contributed by atoms with Crippen LogP contribution in [0.3, 0.4) is 0 Å². The van der Waals surface area contributed by atoms with Crippen LogP contribution in [0.1, 0.15) is 63.1 Å². The first-order valence-electron chi connectivity index (χ1n) is 8.49. The zero-order valence-corrected chi connectivity index (χ0v) is 14.9. The molecule has 1 unspecified atom stereocenters. The number of ether oxygens (including phenoxy) is 1. The molecule has 0 aromatic heterocycles. The average Bonchev–Trinajstić information content (AvgIpc) is 2.68. The number of nitro benzene ring substituents is 1. The van der Waals surface area contributed by atoms with Gasteiger partial charge in [0.2, 0.25) is 5.78 Å². The molecule has 1 aliphatic carbocycles. The van der Waals surface area contributed by atoms with Gasteiger partial charge in [-0.05, 0) is 18.1 Å². The number of hydrogen-bond donors (Lipinski definition) is 0. The van der Waals surface area contributed by atoms with Crippen molar-refractivity contribution in [2.45, 2.75) is 25.7 Å². The van der Waals surface area contributed by atoms with Crippen molar-refractivity contribution in [3.05, 3.63) is 74.3 Å². The molecule has 27 heavy (non-hydrogen) atoms. The van der Waals surface area contributed by atoms with E-state index in [-0.39, 0.29) is 22.3 Å². The second kappa shape index (κ2) is 7.11. The normalized spacial score (nSPS) is 13.6. The van der Waals surface area contributed by atoms with Crippen LogP contribution in [0.2, 0.25) is 0 Å². The van der Waals surface area contributed by atoms with E-state index in [1.54, 1.807) is 12.1 Å². The first kappa shape index (κ1) is 18.4. The van der Waals surface area contributed by atoms with Gasteiger partial charge in [0.05, 0.1) is 18.0 Å². The summed E-state index contributed by atoms with van der Waals surface area (Å²) < 4.78 is 4.87. The molecule has 0 N–H and O–H groups in total. The number of ketones is 2. The van der Waals surface area contributed by atoms with Crippen molar-refractivity contribution in [3.8, 4) is 0 Å². The first-order chi connectivity index (χ1) is 12.9. The fraction of sp³-hybridized carbons (Fsp3) is 0.250.